The van der Waals surface area contributed by atoms with Crippen LogP contribution in [-0.2, 0) is 12.8 Å². The topological polar surface area (TPSA) is 84.1 Å². The molecule has 6 nitrogen and oxygen atoms in total. The van der Waals surface area contributed by atoms with E-state index in [1.165, 1.54) is 54.9 Å². The number of fused-ring (bicyclic) bond motifs is 1. The third kappa shape index (κ3) is 3.01. The second-order valence-corrected chi connectivity index (χ2v) is 10.7. The summed E-state index contributed by atoms with van der Waals surface area (Å²) in [5.74, 6) is 1.79. The van der Waals surface area contributed by atoms with Crippen LogP contribution < -0.4 is 16.0 Å². The third-order valence-corrected chi connectivity index (χ3v) is 9.24. The van der Waals surface area contributed by atoms with E-state index < -0.39 is 0 Å². The number of nitrogen functional groups attached to an aromatic ring is 1. The number of aryl methyl sites for hydroxylation is 1. The first-order valence-corrected chi connectivity index (χ1v) is 12.5. The Hall–Kier alpha value is -2.67. The van der Waals surface area contributed by atoms with E-state index in [-0.39, 0.29) is 5.91 Å². The van der Waals surface area contributed by atoms with Crippen molar-refractivity contribution in [3.8, 4) is 0 Å². The van der Waals surface area contributed by atoms with Gasteiger partial charge in [0.15, 0.2) is 0 Å². The number of rotatable bonds is 6. The van der Waals surface area contributed by atoms with Crippen LogP contribution in [0.4, 0.5) is 11.4 Å². The number of amides is 1. The summed E-state index contributed by atoms with van der Waals surface area (Å²) in [6.45, 7) is 5.07. The van der Waals surface area contributed by atoms with Crippen LogP contribution in [0.15, 0.2) is 30.5 Å². The molecule has 2 aliphatic carbocycles. The van der Waals surface area contributed by atoms with Gasteiger partial charge in [-0.15, -0.1) is 11.3 Å². The van der Waals surface area contributed by atoms with E-state index in [9.17, 15) is 4.79 Å². The van der Waals surface area contributed by atoms with Gasteiger partial charge in [0.2, 0.25) is 0 Å². The lowest BCUT2D eigenvalue weighted by Gasteiger charge is -2.60. The van der Waals surface area contributed by atoms with Gasteiger partial charge in [-0.25, -0.2) is 9.97 Å². The molecular weight excluding hydrogens is 418 g/mol. The lowest BCUT2D eigenvalue weighted by atomic mass is 9.43. The van der Waals surface area contributed by atoms with Crippen molar-refractivity contribution in [1.82, 2.24) is 15.3 Å². The highest BCUT2D eigenvalue weighted by atomic mass is 32.1. The van der Waals surface area contributed by atoms with Crippen LogP contribution in [0.2, 0.25) is 0 Å². The Morgan fingerprint density at radius 1 is 1.31 bits per heavy atom. The van der Waals surface area contributed by atoms with Crippen molar-refractivity contribution in [1.29, 1.82) is 0 Å². The monoisotopic (exact) mass is 447 g/mol. The van der Waals surface area contributed by atoms with Crippen molar-refractivity contribution >= 4 is 39.0 Å². The van der Waals surface area contributed by atoms with E-state index in [1.54, 1.807) is 6.20 Å². The summed E-state index contributed by atoms with van der Waals surface area (Å²) < 4.78 is 0. The van der Waals surface area contributed by atoms with Gasteiger partial charge in [0.25, 0.3) is 5.91 Å². The zero-order chi connectivity index (χ0) is 21.9. The van der Waals surface area contributed by atoms with E-state index in [1.807, 2.05) is 6.92 Å². The largest absolute Gasteiger partial charge is 0.396 e. The van der Waals surface area contributed by atoms with Gasteiger partial charge < -0.3 is 16.0 Å². The van der Waals surface area contributed by atoms with Gasteiger partial charge in [-0.05, 0) is 67.1 Å². The van der Waals surface area contributed by atoms with Crippen LogP contribution in [0.1, 0.15) is 47.1 Å². The van der Waals surface area contributed by atoms with Gasteiger partial charge in [-0.2, -0.15) is 0 Å². The molecule has 3 aromatic rings. The second-order valence-electron chi connectivity index (χ2n) is 9.67. The average Bonchev–Trinajstić information content (AvgIpc) is 3.34. The molecule has 3 heterocycles. The molecule has 0 bridgehead atoms. The molecule has 0 radical (unpaired) electrons. The number of hydrogen-bond donors (Lipinski definition) is 2. The van der Waals surface area contributed by atoms with E-state index in [4.69, 9.17) is 5.73 Å². The maximum absolute atomic E-state index is 12.7. The van der Waals surface area contributed by atoms with Crippen molar-refractivity contribution in [2.75, 3.05) is 30.3 Å². The maximum Gasteiger partial charge on any atom is 0.263 e. The summed E-state index contributed by atoms with van der Waals surface area (Å²) in [6, 6.07) is 8.90. The van der Waals surface area contributed by atoms with E-state index in [0.717, 1.165) is 30.4 Å². The molecule has 1 amide bonds. The molecular formula is C25H29N5OS. The zero-order valence-electron chi connectivity index (χ0n) is 18.4. The van der Waals surface area contributed by atoms with Crippen LogP contribution in [0.5, 0.6) is 0 Å². The van der Waals surface area contributed by atoms with Crippen molar-refractivity contribution < 1.29 is 4.79 Å². The summed E-state index contributed by atoms with van der Waals surface area (Å²) in [4.78, 5) is 25.4. The molecule has 166 valence electrons. The Morgan fingerprint density at radius 3 is 2.84 bits per heavy atom. The lowest BCUT2D eigenvalue weighted by molar-refractivity contribution is -0.104. The van der Waals surface area contributed by atoms with E-state index in [0.29, 0.717) is 32.9 Å². The molecule has 1 aliphatic heterocycles. The molecule has 3 N–H and O–H groups in total. The molecule has 32 heavy (non-hydrogen) atoms. The van der Waals surface area contributed by atoms with Crippen molar-refractivity contribution in [2.45, 2.75) is 39.0 Å². The van der Waals surface area contributed by atoms with Crippen LogP contribution >= 0.6 is 11.3 Å². The lowest BCUT2D eigenvalue weighted by Crippen LogP contribution is -2.55. The number of nitrogens with one attached hydrogen (secondary N) is 1. The predicted octanol–water partition coefficient (Wildman–Crippen LogP) is 4.04. The number of nitrogens with zero attached hydrogens (tertiary/aromatic N) is 3. The minimum absolute atomic E-state index is 0.149. The third-order valence-electron chi connectivity index (χ3n) is 8.14. The molecule has 6 rings (SSSR count). The number of nitrogens with two attached hydrogens (primary N) is 1. The fraction of sp³-hybridized carbons (Fsp3) is 0.480. The molecule has 2 saturated carbocycles. The summed E-state index contributed by atoms with van der Waals surface area (Å²) in [5.41, 5.74) is 11.4. The summed E-state index contributed by atoms with van der Waals surface area (Å²) in [7, 11) is 0. The maximum atomic E-state index is 12.7. The minimum atomic E-state index is -0.149. The van der Waals surface area contributed by atoms with Crippen LogP contribution in [-0.4, -0.2) is 35.5 Å². The molecule has 1 spiro atoms. The van der Waals surface area contributed by atoms with Crippen LogP contribution in [0, 0.1) is 17.3 Å². The van der Waals surface area contributed by atoms with Gasteiger partial charge in [0.05, 0.1) is 17.6 Å². The fourth-order valence-corrected chi connectivity index (χ4v) is 6.96. The highest BCUT2D eigenvalue weighted by Gasteiger charge is 2.64. The number of thiophene rings is 1. The molecule has 1 aromatic carbocycles. The first kappa shape index (κ1) is 20.0. The Labute approximate surface area is 192 Å². The van der Waals surface area contributed by atoms with Gasteiger partial charge >= 0.3 is 0 Å². The molecule has 1 saturated heterocycles. The van der Waals surface area contributed by atoms with Crippen molar-refractivity contribution in [2.24, 2.45) is 17.3 Å². The SMILES string of the molecule is CCc1cnc2sc(C(=O)NCCc3ccc(N4CC5CC6CCC65C4)cc3)c(N)c2n1. The standard InChI is InChI=1S/C25H29N5OS/c1-2-18-12-28-24-21(29-18)20(26)22(32-24)23(31)27-10-8-15-3-5-19(6-4-15)30-13-17-11-16-7-9-25(16,17)14-30/h3-6,12,16-17H,2,7-11,13-14,26H2,1H3,(H,27,31). The number of carbonyl (C=O) groups excluding carboxylic acids is 1. The molecule has 2 aromatic heterocycles. The Bertz CT molecular complexity index is 1190. The average molecular weight is 448 g/mol. The highest BCUT2D eigenvalue weighted by molar-refractivity contribution is 7.21. The first-order chi connectivity index (χ1) is 15.6. The Balaban J connectivity index is 1.06. The first-order valence-electron chi connectivity index (χ1n) is 11.7. The van der Waals surface area contributed by atoms with Crippen LogP contribution in [0.25, 0.3) is 10.3 Å². The van der Waals surface area contributed by atoms with Gasteiger partial charge in [0, 0.05) is 25.3 Å². The van der Waals surface area contributed by atoms with Gasteiger partial charge in [0.1, 0.15) is 15.2 Å². The highest BCUT2D eigenvalue weighted by Crippen LogP contribution is 2.67. The molecule has 3 fully saturated rings. The van der Waals surface area contributed by atoms with Crippen molar-refractivity contribution in [3.63, 3.8) is 0 Å². The number of aromatic nitrogens is 2. The summed E-state index contributed by atoms with van der Waals surface area (Å²) in [6.07, 6.45) is 7.67. The smallest absolute Gasteiger partial charge is 0.263 e. The van der Waals surface area contributed by atoms with E-state index >= 15 is 0 Å². The molecule has 3 unspecified atom stereocenters. The number of benzene rings is 1. The number of anilines is 2. The quantitative estimate of drug-likeness (QED) is 0.596. The Kier molecular flexibility index (Phi) is 4.64. The number of hydrogen-bond acceptors (Lipinski definition) is 6. The zero-order valence-corrected chi connectivity index (χ0v) is 19.3. The van der Waals surface area contributed by atoms with E-state index in [2.05, 4.69) is 44.5 Å². The predicted molar refractivity (Wildman–Crippen MR) is 129 cm³/mol. The fourth-order valence-electron chi connectivity index (χ4n) is 6.04. The van der Waals surface area contributed by atoms with Crippen LogP contribution in [0.3, 0.4) is 0 Å². The minimum Gasteiger partial charge on any atom is -0.396 e. The molecule has 3 aliphatic rings. The normalized spacial score (nSPS) is 25.7. The number of carbonyl (C=O) groups is 1. The van der Waals surface area contributed by atoms with Gasteiger partial charge in [-0.3, -0.25) is 4.79 Å². The van der Waals surface area contributed by atoms with Crippen molar-refractivity contribution in [3.05, 3.63) is 46.6 Å². The summed E-state index contributed by atoms with van der Waals surface area (Å²) >= 11 is 1.31. The van der Waals surface area contributed by atoms with Gasteiger partial charge in [-0.1, -0.05) is 19.1 Å². The Morgan fingerprint density at radius 2 is 2.16 bits per heavy atom. The molecule has 3 atom stereocenters. The second kappa shape index (κ2) is 7.44. The molecule has 7 heteroatoms. The summed E-state index contributed by atoms with van der Waals surface area (Å²) in [5, 5.41) is 3.01.